The van der Waals surface area contributed by atoms with Crippen molar-refractivity contribution in [2.45, 2.75) is 6.92 Å². The van der Waals surface area contributed by atoms with Crippen molar-refractivity contribution in [3.8, 4) is 22.8 Å². The summed E-state index contributed by atoms with van der Waals surface area (Å²) in [4.78, 5) is 18.1. The Hall–Kier alpha value is -3.57. The summed E-state index contributed by atoms with van der Waals surface area (Å²) in [6, 6.07) is 20.4. The average molecular weight is 433 g/mol. The number of benzene rings is 3. The third-order valence-corrected chi connectivity index (χ3v) is 5.48. The maximum atomic E-state index is 13.3. The summed E-state index contributed by atoms with van der Waals surface area (Å²) in [7, 11) is 3.17. The van der Waals surface area contributed by atoms with E-state index in [1.165, 1.54) is 0 Å². The SMILES string of the molecule is COc1ccc(-c2cc(C(=O)Nc3cc(C)c(Cl)cc3OC)c3ccccc3n2)cc1. The summed E-state index contributed by atoms with van der Waals surface area (Å²) in [5.41, 5.74) is 4.25. The van der Waals surface area contributed by atoms with Crippen LogP contribution in [0.5, 0.6) is 11.5 Å². The zero-order chi connectivity index (χ0) is 22.0. The Morgan fingerprint density at radius 3 is 2.42 bits per heavy atom. The Kier molecular flexibility index (Phi) is 5.78. The standard InChI is InChI=1S/C25H21ClN2O3/c1-15-12-23(24(31-3)14-20(15)26)28-25(29)19-13-22(16-8-10-17(30-2)11-9-16)27-21-7-5-4-6-18(19)21/h4-14H,1-3H3,(H,28,29). The highest BCUT2D eigenvalue weighted by molar-refractivity contribution is 6.31. The molecule has 0 aliphatic rings. The van der Waals surface area contributed by atoms with Crippen molar-refractivity contribution in [3.05, 3.63) is 82.9 Å². The van der Waals surface area contributed by atoms with Crippen LogP contribution in [0.4, 0.5) is 5.69 Å². The van der Waals surface area contributed by atoms with Crippen LogP contribution in [0.25, 0.3) is 22.2 Å². The van der Waals surface area contributed by atoms with Crippen LogP contribution < -0.4 is 14.8 Å². The number of carbonyl (C=O) groups is 1. The zero-order valence-corrected chi connectivity index (χ0v) is 18.2. The fraction of sp³-hybridized carbons (Fsp3) is 0.120. The van der Waals surface area contributed by atoms with Gasteiger partial charge in [-0.25, -0.2) is 4.98 Å². The molecule has 156 valence electrons. The van der Waals surface area contributed by atoms with E-state index in [0.717, 1.165) is 27.8 Å². The van der Waals surface area contributed by atoms with Gasteiger partial charge in [0.15, 0.2) is 0 Å². The van der Waals surface area contributed by atoms with Crippen LogP contribution >= 0.6 is 11.6 Å². The number of nitrogens with zero attached hydrogens (tertiary/aromatic N) is 1. The van der Waals surface area contributed by atoms with Gasteiger partial charge in [-0.2, -0.15) is 0 Å². The van der Waals surface area contributed by atoms with Crippen molar-refractivity contribution in [2.24, 2.45) is 0 Å². The summed E-state index contributed by atoms with van der Waals surface area (Å²) in [6.45, 7) is 1.88. The van der Waals surface area contributed by atoms with Gasteiger partial charge in [0.2, 0.25) is 0 Å². The van der Waals surface area contributed by atoms with E-state index >= 15 is 0 Å². The van der Waals surface area contributed by atoms with E-state index in [1.54, 1.807) is 32.4 Å². The lowest BCUT2D eigenvalue weighted by molar-refractivity contribution is 0.102. The van der Waals surface area contributed by atoms with Crippen LogP contribution in [-0.4, -0.2) is 25.1 Å². The van der Waals surface area contributed by atoms with E-state index in [0.29, 0.717) is 27.7 Å². The molecule has 1 N–H and O–H groups in total. The van der Waals surface area contributed by atoms with E-state index < -0.39 is 0 Å². The van der Waals surface area contributed by atoms with Crippen molar-refractivity contribution in [1.82, 2.24) is 4.98 Å². The molecule has 0 bridgehead atoms. The van der Waals surface area contributed by atoms with E-state index in [9.17, 15) is 4.79 Å². The zero-order valence-electron chi connectivity index (χ0n) is 17.4. The Morgan fingerprint density at radius 2 is 1.71 bits per heavy atom. The lowest BCUT2D eigenvalue weighted by Crippen LogP contribution is -2.14. The van der Waals surface area contributed by atoms with Gasteiger partial charge in [-0.05, 0) is 55.0 Å². The molecule has 1 amide bonds. The van der Waals surface area contributed by atoms with Crippen molar-refractivity contribution >= 4 is 34.1 Å². The Balaban J connectivity index is 1.79. The molecule has 6 heteroatoms. The molecule has 5 nitrogen and oxygen atoms in total. The number of carbonyl (C=O) groups excluding carboxylic acids is 1. The summed E-state index contributed by atoms with van der Waals surface area (Å²) >= 11 is 6.20. The molecule has 0 atom stereocenters. The molecule has 1 aromatic heterocycles. The van der Waals surface area contributed by atoms with Crippen molar-refractivity contribution in [2.75, 3.05) is 19.5 Å². The second-order valence-electron chi connectivity index (χ2n) is 7.06. The third-order valence-electron chi connectivity index (χ3n) is 5.08. The fourth-order valence-corrected chi connectivity index (χ4v) is 3.55. The molecule has 0 fully saturated rings. The molecule has 0 radical (unpaired) electrons. The van der Waals surface area contributed by atoms with Gasteiger partial charge >= 0.3 is 0 Å². The minimum Gasteiger partial charge on any atom is -0.497 e. The first-order valence-corrected chi connectivity index (χ1v) is 10.1. The number of aromatic nitrogens is 1. The van der Waals surface area contributed by atoms with Gasteiger partial charge in [-0.15, -0.1) is 0 Å². The maximum absolute atomic E-state index is 13.3. The molecule has 3 aromatic carbocycles. The molecule has 0 aliphatic carbocycles. The topological polar surface area (TPSA) is 60.5 Å². The van der Waals surface area contributed by atoms with E-state index in [4.69, 9.17) is 26.1 Å². The second-order valence-corrected chi connectivity index (χ2v) is 7.46. The molecule has 4 aromatic rings. The molecule has 0 unspecified atom stereocenters. The number of fused-ring (bicyclic) bond motifs is 1. The quantitative estimate of drug-likeness (QED) is 0.412. The number of aryl methyl sites for hydroxylation is 1. The first-order valence-electron chi connectivity index (χ1n) is 9.70. The predicted molar refractivity (Wildman–Crippen MR) is 124 cm³/mol. The number of halogens is 1. The minimum absolute atomic E-state index is 0.256. The predicted octanol–water partition coefficient (Wildman–Crippen LogP) is 6.13. The summed E-state index contributed by atoms with van der Waals surface area (Å²) < 4.78 is 10.6. The van der Waals surface area contributed by atoms with E-state index in [2.05, 4.69) is 5.32 Å². The van der Waals surface area contributed by atoms with Gasteiger partial charge in [0.1, 0.15) is 11.5 Å². The second kappa shape index (κ2) is 8.66. The maximum Gasteiger partial charge on any atom is 0.256 e. The molecular formula is C25H21ClN2O3. The Labute approximate surface area is 185 Å². The number of rotatable bonds is 5. The highest BCUT2D eigenvalue weighted by Gasteiger charge is 2.17. The number of hydrogen-bond acceptors (Lipinski definition) is 4. The number of ether oxygens (including phenoxy) is 2. The van der Waals surface area contributed by atoms with Crippen molar-refractivity contribution < 1.29 is 14.3 Å². The smallest absolute Gasteiger partial charge is 0.256 e. The number of methoxy groups -OCH3 is 2. The number of pyridine rings is 1. The lowest BCUT2D eigenvalue weighted by Gasteiger charge is -2.14. The van der Waals surface area contributed by atoms with Gasteiger partial charge in [-0.3, -0.25) is 4.79 Å². The molecular weight excluding hydrogens is 412 g/mol. The van der Waals surface area contributed by atoms with Crippen LogP contribution in [-0.2, 0) is 0 Å². The number of amides is 1. The summed E-state index contributed by atoms with van der Waals surface area (Å²) in [5, 5.41) is 4.31. The minimum atomic E-state index is -0.256. The molecule has 1 heterocycles. The van der Waals surface area contributed by atoms with Crippen LogP contribution in [0, 0.1) is 6.92 Å². The first kappa shape index (κ1) is 20.7. The third kappa shape index (κ3) is 4.18. The van der Waals surface area contributed by atoms with Gasteiger partial charge in [0.05, 0.1) is 36.7 Å². The molecule has 0 saturated heterocycles. The average Bonchev–Trinajstić information content (AvgIpc) is 2.80. The molecule has 0 spiro atoms. The van der Waals surface area contributed by atoms with Crippen LogP contribution in [0.2, 0.25) is 5.02 Å². The number of nitrogens with one attached hydrogen (secondary N) is 1. The first-order chi connectivity index (χ1) is 15.0. The van der Waals surface area contributed by atoms with Crippen LogP contribution in [0.3, 0.4) is 0 Å². The number of anilines is 1. The van der Waals surface area contributed by atoms with Crippen molar-refractivity contribution in [3.63, 3.8) is 0 Å². The molecule has 4 rings (SSSR count). The van der Waals surface area contributed by atoms with Gasteiger partial charge in [-0.1, -0.05) is 29.8 Å². The van der Waals surface area contributed by atoms with Crippen LogP contribution in [0.1, 0.15) is 15.9 Å². The Morgan fingerprint density at radius 1 is 0.968 bits per heavy atom. The summed E-state index contributed by atoms with van der Waals surface area (Å²) in [6.07, 6.45) is 0. The summed E-state index contributed by atoms with van der Waals surface area (Å²) in [5.74, 6) is 0.999. The molecule has 31 heavy (non-hydrogen) atoms. The monoisotopic (exact) mass is 432 g/mol. The van der Waals surface area contributed by atoms with Crippen molar-refractivity contribution in [1.29, 1.82) is 0 Å². The highest BCUT2D eigenvalue weighted by Crippen LogP contribution is 2.32. The van der Waals surface area contributed by atoms with Gasteiger partial charge < -0.3 is 14.8 Å². The number of para-hydroxylation sites is 1. The van der Waals surface area contributed by atoms with E-state index in [1.807, 2.05) is 55.5 Å². The number of hydrogen-bond donors (Lipinski definition) is 1. The molecule has 0 aliphatic heterocycles. The largest absolute Gasteiger partial charge is 0.497 e. The van der Waals surface area contributed by atoms with Gasteiger partial charge in [0.25, 0.3) is 5.91 Å². The lowest BCUT2D eigenvalue weighted by atomic mass is 10.0. The van der Waals surface area contributed by atoms with Gasteiger partial charge in [0, 0.05) is 22.0 Å². The fourth-order valence-electron chi connectivity index (χ4n) is 3.39. The molecule has 0 saturated carbocycles. The highest BCUT2D eigenvalue weighted by atomic mass is 35.5. The Bertz CT molecular complexity index is 1270. The van der Waals surface area contributed by atoms with E-state index in [-0.39, 0.29) is 5.91 Å². The normalized spacial score (nSPS) is 10.7. The van der Waals surface area contributed by atoms with Crippen LogP contribution in [0.15, 0.2) is 66.7 Å².